The highest BCUT2D eigenvalue weighted by Crippen LogP contribution is 2.45. The molecule has 6 aromatic rings. The van der Waals surface area contributed by atoms with Crippen LogP contribution in [0.4, 0.5) is 0 Å². The van der Waals surface area contributed by atoms with Gasteiger partial charge in [-0.1, -0.05) is 174 Å². The third-order valence-corrected chi connectivity index (χ3v) is 16.7. The quantitative estimate of drug-likeness (QED) is 0.165. The van der Waals surface area contributed by atoms with Gasteiger partial charge < -0.3 is 0 Å². The van der Waals surface area contributed by atoms with Crippen LogP contribution in [0.2, 0.25) is 12.1 Å². The predicted molar refractivity (Wildman–Crippen MR) is 203 cm³/mol. The summed E-state index contributed by atoms with van der Waals surface area (Å²) in [5.41, 5.74) is 8.82. The number of allylic oxidation sites excluding steroid dienone is 3. The van der Waals surface area contributed by atoms with E-state index in [0.717, 1.165) is 19.3 Å². The zero-order valence-electron chi connectivity index (χ0n) is 26.0. The highest BCUT2D eigenvalue weighted by atomic mass is 79.9. The summed E-state index contributed by atoms with van der Waals surface area (Å²) in [4.78, 5) is 0. The molecular weight excluding hydrogens is 624 g/mol. The fourth-order valence-corrected chi connectivity index (χ4v) is 13.4. The SMILES string of the molecule is BrC1=Cc2c(ccc3ccccc23)C1.CC[Si](CC)(C1=Cc2c(ccc3ccccc23)C1)C1=Cc2c(ccc3ccccc23)C1. The minimum absolute atomic E-state index is 1.04. The Labute approximate surface area is 276 Å². The van der Waals surface area contributed by atoms with Crippen molar-refractivity contribution in [3.05, 3.63) is 157 Å². The van der Waals surface area contributed by atoms with Crippen molar-refractivity contribution in [3.8, 4) is 0 Å². The van der Waals surface area contributed by atoms with E-state index in [9.17, 15) is 0 Å². The smallest absolute Gasteiger partial charge is 0.0709 e. The Balaban J connectivity index is 0.000000178. The number of benzene rings is 6. The summed E-state index contributed by atoms with van der Waals surface area (Å²) in [5, 5.41) is 11.7. The molecule has 45 heavy (non-hydrogen) atoms. The average molecular weight is 662 g/mol. The molecule has 0 N–H and O–H groups in total. The van der Waals surface area contributed by atoms with Crippen molar-refractivity contribution in [2.24, 2.45) is 0 Å². The number of hydrogen-bond donors (Lipinski definition) is 0. The van der Waals surface area contributed by atoms with Crippen molar-refractivity contribution in [2.45, 2.75) is 45.2 Å². The minimum atomic E-state index is -1.73. The average Bonchev–Trinajstić information content (AvgIpc) is 3.83. The molecule has 220 valence electrons. The number of rotatable bonds is 4. The Kier molecular flexibility index (Phi) is 7.23. The molecule has 9 rings (SSSR count). The van der Waals surface area contributed by atoms with E-state index < -0.39 is 8.07 Å². The Morgan fingerprint density at radius 2 is 0.844 bits per heavy atom. The van der Waals surface area contributed by atoms with Crippen molar-refractivity contribution in [1.29, 1.82) is 0 Å². The fourth-order valence-electron chi connectivity index (χ4n) is 8.23. The lowest BCUT2D eigenvalue weighted by molar-refractivity contribution is 1.15. The predicted octanol–water partition coefficient (Wildman–Crippen LogP) is 12.3. The maximum absolute atomic E-state index is 3.57. The maximum Gasteiger partial charge on any atom is 0.109 e. The molecule has 0 aromatic heterocycles. The second-order valence-electron chi connectivity index (χ2n) is 12.8. The second-order valence-corrected chi connectivity index (χ2v) is 18.7. The van der Waals surface area contributed by atoms with E-state index in [-0.39, 0.29) is 0 Å². The molecular formula is C43H37BrSi. The van der Waals surface area contributed by atoms with E-state index in [0.29, 0.717) is 0 Å². The van der Waals surface area contributed by atoms with Gasteiger partial charge in [0.05, 0.1) is 0 Å². The van der Waals surface area contributed by atoms with Crippen LogP contribution in [0, 0.1) is 0 Å². The van der Waals surface area contributed by atoms with Crippen LogP contribution in [-0.4, -0.2) is 8.07 Å². The molecule has 0 unspecified atom stereocenters. The third-order valence-electron chi connectivity index (χ3n) is 10.7. The van der Waals surface area contributed by atoms with Gasteiger partial charge in [-0.3, -0.25) is 0 Å². The van der Waals surface area contributed by atoms with Gasteiger partial charge in [0.1, 0.15) is 8.07 Å². The molecule has 0 nitrogen and oxygen atoms in total. The standard InChI is InChI=1S/C30H28Si.C13H9Br/c1-3-31(4-2,25-17-23-15-13-21-9-5-7-11-27(21)29(23)19-25)26-18-24-16-14-22-10-6-8-12-28(22)30(24)20-26;14-11-7-10-6-5-9-3-1-2-4-12(9)13(10)8-11/h5-16,19-20H,3-4,17-18H2,1-2H3;1-6,8H,7H2. The zero-order chi connectivity index (χ0) is 30.5. The van der Waals surface area contributed by atoms with E-state index >= 15 is 0 Å². The molecule has 0 atom stereocenters. The Morgan fingerprint density at radius 3 is 1.27 bits per heavy atom. The van der Waals surface area contributed by atoms with Crippen LogP contribution in [-0.2, 0) is 19.3 Å². The molecule has 0 spiro atoms. The van der Waals surface area contributed by atoms with Crippen LogP contribution in [0.25, 0.3) is 50.5 Å². The van der Waals surface area contributed by atoms with E-state index in [4.69, 9.17) is 0 Å². The first-order valence-electron chi connectivity index (χ1n) is 16.4. The first-order chi connectivity index (χ1) is 22.1. The van der Waals surface area contributed by atoms with Crippen molar-refractivity contribution in [1.82, 2.24) is 0 Å². The molecule has 0 heterocycles. The molecule has 0 fully saturated rings. The van der Waals surface area contributed by atoms with Crippen LogP contribution in [0.5, 0.6) is 0 Å². The van der Waals surface area contributed by atoms with Crippen molar-refractivity contribution >= 4 is 74.5 Å². The Morgan fingerprint density at radius 1 is 0.467 bits per heavy atom. The molecule has 2 heteroatoms. The monoisotopic (exact) mass is 660 g/mol. The lowest BCUT2D eigenvalue weighted by Crippen LogP contribution is -2.39. The molecule has 0 saturated heterocycles. The van der Waals surface area contributed by atoms with Crippen molar-refractivity contribution in [3.63, 3.8) is 0 Å². The maximum atomic E-state index is 3.57. The lowest BCUT2D eigenvalue weighted by Gasteiger charge is -2.33. The second kappa shape index (κ2) is 11.4. The van der Waals surface area contributed by atoms with Gasteiger partial charge in [0.2, 0.25) is 0 Å². The number of halogens is 1. The van der Waals surface area contributed by atoms with Gasteiger partial charge in [-0.2, -0.15) is 0 Å². The summed E-state index contributed by atoms with van der Waals surface area (Å²) in [6, 6.07) is 42.6. The molecule has 0 saturated carbocycles. The Bertz CT molecular complexity index is 2120. The van der Waals surface area contributed by atoms with E-state index in [2.05, 4.69) is 157 Å². The summed E-state index contributed by atoms with van der Waals surface area (Å²) < 4.78 is 1.28. The van der Waals surface area contributed by atoms with Crippen LogP contribution < -0.4 is 0 Å². The highest BCUT2D eigenvalue weighted by Gasteiger charge is 2.41. The van der Waals surface area contributed by atoms with Gasteiger partial charge in [0.25, 0.3) is 0 Å². The lowest BCUT2D eigenvalue weighted by atomic mass is 10.0. The first kappa shape index (κ1) is 28.5. The normalized spacial score (nSPS) is 14.9. The van der Waals surface area contributed by atoms with Gasteiger partial charge in [0, 0.05) is 10.9 Å². The summed E-state index contributed by atoms with van der Waals surface area (Å²) in [7, 11) is -1.73. The molecule has 0 amide bonds. The summed E-state index contributed by atoms with van der Waals surface area (Å²) in [6.45, 7) is 4.89. The van der Waals surface area contributed by atoms with Gasteiger partial charge in [-0.15, -0.1) is 0 Å². The summed E-state index contributed by atoms with van der Waals surface area (Å²) in [5.74, 6) is 0. The van der Waals surface area contributed by atoms with E-state index in [1.807, 2.05) is 0 Å². The molecule has 0 radical (unpaired) electrons. The van der Waals surface area contributed by atoms with E-state index in [1.54, 1.807) is 10.4 Å². The molecule has 0 aliphatic heterocycles. The van der Waals surface area contributed by atoms with Crippen molar-refractivity contribution < 1.29 is 0 Å². The van der Waals surface area contributed by atoms with E-state index in [1.165, 1.54) is 82.3 Å². The van der Waals surface area contributed by atoms with Crippen LogP contribution in [0.15, 0.2) is 124 Å². The molecule has 3 aliphatic rings. The zero-order valence-corrected chi connectivity index (χ0v) is 28.6. The summed E-state index contributed by atoms with van der Waals surface area (Å²) >= 11 is 3.57. The van der Waals surface area contributed by atoms with Crippen molar-refractivity contribution in [2.75, 3.05) is 0 Å². The molecule has 6 aromatic carbocycles. The molecule has 0 bridgehead atoms. The van der Waals surface area contributed by atoms with Gasteiger partial charge >= 0.3 is 0 Å². The van der Waals surface area contributed by atoms with Gasteiger partial charge in [-0.05, 0) is 84.6 Å². The Hall–Kier alpha value is -3.98. The van der Waals surface area contributed by atoms with Crippen LogP contribution in [0.1, 0.15) is 47.2 Å². The largest absolute Gasteiger partial charge is 0.109 e. The minimum Gasteiger partial charge on any atom is -0.0709 e. The number of fused-ring (bicyclic) bond motifs is 9. The highest BCUT2D eigenvalue weighted by molar-refractivity contribution is 9.11. The molecule has 3 aliphatic carbocycles. The fraction of sp³-hybridized carbons (Fsp3) is 0.163. The third kappa shape index (κ3) is 4.78. The van der Waals surface area contributed by atoms with Gasteiger partial charge in [-0.25, -0.2) is 0 Å². The van der Waals surface area contributed by atoms with Crippen LogP contribution in [0.3, 0.4) is 0 Å². The number of hydrogen-bond acceptors (Lipinski definition) is 0. The summed E-state index contributed by atoms with van der Waals surface area (Å²) in [6.07, 6.45) is 10.8. The van der Waals surface area contributed by atoms with Gasteiger partial charge in [0.15, 0.2) is 0 Å². The topological polar surface area (TPSA) is 0 Å². The first-order valence-corrected chi connectivity index (χ1v) is 19.6. The van der Waals surface area contributed by atoms with Crippen LogP contribution >= 0.6 is 15.9 Å².